The lowest BCUT2D eigenvalue weighted by atomic mass is 9.45. The number of fused-ring (bicyclic) bond motifs is 9. The van der Waals surface area contributed by atoms with E-state index in [-0.39, 0.29) is 49.0 Å². The third kappa shape index (κ3) is 5.46. The van der Waals surface area contributed by atoms with Crippen LogP contribution in [0.1, 0.15) is 145 Å². The number of nitrogens with zero attached hydrogens (tertiary/aromatic N) is 2. The van der Waals surface area contributed by atoms with E-state index in [1.807, 2.05) is 0 Å². The first kappa shape index (κ1) is 42.5. The Hall–Kier alpha value is -5.08. The molecule has 0 saturated heterocycles. The first-order valence-electron chi connectivity index (χ1n) is 24.7. The van der Waals surface area contributed by atoms with Crippen LogP contribution in [-0.4, -0.2) is 11.1 Å². The number of para-hydroxylation sites is 2. The number of rotatable bonds is 4. The lowest BCUT2D eigenvalue weighted by Gasteiger charge is -2.62. The maximum Gasteiger partial charge on any atom is 0.0528 e. The molecule has 0 aromatic heterocycles. The summed E-state index contributed by atoms with van der Waals surface area (Å²) in [5.74, 6) is 0. The van der Waals surface area contributed by atoms with Gasteiger partial charge in [0.1, 0.15) is 0 Å². The van der Waals surface area contributed by atoms with Gasteiger partial charge in [0, 0.05) is 39.0 Å². The molecule has 3 aliphatic carbocycles. The van der Waals surface area contributed by atoms with Crippen LogP contribution in [0.15, 0.2) is 133 Å². The zero-order valence-electron chi connectivity index (χ0n) is 41.9. The van der Waals surface area contributed by atoms with Crippen LogP contribution in [0.2, 0.25) is 0 Å². The molecule has 2 nitrogen and oxygen atoms in total. The summed E-state index contributed by atoms with van der Waals surface area (Å²) in [6.45, 7) is 35.3. The molecule has 2 heterocycles. The zero-order valence-corrected chi connectivity index (χ0v) is 41.9. The Morgan fingerprint density at radius 3 is 1.02 bits per heavy atom. The second-order valence-electron chi connectivity index (χ2n) is 25.6. The summed E-state index contributed by atoms with van der Waals surface area (Å²) >= 11 is 0. The van der Waals surface area contributed by atoms with Crippen LogP contribution in [0, 0.1) is 21.7 Å². The van der Waals surface area contributed by atoms with Gasteiger partial charge in [-0.15, -0.1) is 0 Å². The fourth-order valence-electron chi connectivity index (χ4n) is 16.7. The second kappa shape index (κ2) is 13.1. The van der Waals surface area contributed by atoms with Crippen LogP contribution in [0.4, 0.5) is 22.7 Å². The van der Waals surface area contributed by atoms with Crippen molar-refractivity contribution in [3.8, 4) is 33.4 Å². The van der Waals surface area contributed by atoms with Crippen molar-refractivity contribution < 1.29 is 0 Å². The predicted octanol–water partition coefficient (Wildman–Crippen LogP) is 17.4. The molecule has 6 aromatic rings. The summed E-state index contributed by atoms with van der Waals surface area (Å²) in [7, 11) is 0. The van der Waals surface area contributed by atoms with Gasteiger partial charge in [-0.25, -0.2) is 0 Å². The van der Waals surface area contributed by atoms with Gasteiger partial charge in [-0.3, -0.25) is 0 Å². The fraction of sp³-hybridized carbons (Fsp3) is 0.429. The van der Waals surface area contributed by atoms with E-state index >= 15 is 0 Å². The molecular formula is C63H72N2. The molecule has 4 unspecified atom stereocenters. The highest BCUT2D eigenvalue weighted by atomic mass is 15.3. The molecule has 65 heavy (non-hydrogen) atoms. The monoisotopic (exact) mass is 857 g/mol. The topological polar surface area (TPSA) is 6.48 Å². The molecule has 6 aromatic carbocycles. The highest BCUT2D eigenvalue weighted by Crippen LogP contribution is 2.72. The van der Waals surface area contributed by atoms with Crippen LogP contribution < -0.4 is 9.80 Å². The maximum absolute atomic E-state index is 2.71. The molecule has 0 N–H and O–H groups in total. The van der Waals surface area contributed by atoms with Crippen molar-refractivity contribution in [2.75, 3.05) is 9.80 Å². The Bertz CT molecular complexity index is 2730. The van der Waals surface area contributed by atoms with E-state index in [1.165, 1.54) is 91.2 Å². The Morgan fingerprint density at radius 1 is 0.338 bits per heavy atom. The summed E-state index contributed by atoms with van der Waals surface area (Å²) < 4.78 is 0. The molecule has 4 atom stereocenters. The van der Waals surface area contributed by atoms with Crippen LogP contribution >= 0.6 is 0 Å². The van der Waals surface area contributed by atoms with Gasteiger partial charge in [-0.2, -0.15) is 0 Å². The van der Waals surface area contributed by atoms with E-state index < -0.39 is 0 Å². The minimum absolute atomic E-state index is 0.0594. The van der Waals surface area contributed by atoms with Gasteiger partial charge in [0.2, 0.25) is 0 Å². The van der Waals surface area contributed by atoms with Crippen molar-refractivity contribution in [2.24, 2.45) is 21.7 Å². The van der Waals surface area contributed by atoms with Crippen LogP contribution in [0.25, 0.3) is 33.4 Å². The second-order valence-corrected chi connectivity index (χ2v) is 25.6. The highest BCUT2D eigenvalue weighted by molar-refractivity contribution is 5.88. The largest absolute Gasteiger partial charge is 0.334 e. The molecule has 0 amide bonds. The molecule has 2 fully saturated rings. The summed E-state index contributed by atoms with van der Waals surface area (Å²) in [6.07, 6.45) is 4.66. The Balaban J connectivity index is 0.985. The van der Waals surface area contributed by atoms with Crippen molar-refractivity contribution in [1.82, 2.24) is 0 Å². The van der Waals surface area contributed by atoms with Crippen LogP contribution in [0.5, 0.6) is 0 Å². The quantitative estimate of drug-likeness (QED) is 0.174. The standard InChI is InChI=1S/C63H72N2/c1-55(2)37-57(5,6)62(13)51-35-43(27-31-53(51)64(60(62,11)39-55)45-21-17-15-18-22-45)41-25-29-47-48-30-26-42(34-50(48)59(9,10)49(47)33-41)44-28-32-54-52(36-44)63(14)58(7,8)38-56(3,4)40-61(63,12)65(54)46-23-19-16-20-24-46/h15-36H,37-40H2,1-14H3. The van der Waals surface area contributed by atoms with E-state index in [2.05, 4.69) is 240 Å². The highest BCUT2D eigenvalue weighted by Gasteiger charge is 2.69. The van der Waals surface area contributed by atoms with Crippen molar-refractivity contribution >= 4 is 22.7 Å². The van der Waals surface area contributed by atoms with E-state index in [4.69, 9.17) is 0 Å². The molecule has 0 spiro atoms. The normalized spacial score (nSPS) is 29.0. The molecule has 334 valence electrons. The SMILES string of the molecule is CC1(C)CC(C)(C)C2(C)c3cc(-c4ccc5c(c4)C(C)(C)c4cc(-c6ccc7c(c6)C6(C)C(C)(C)CC(C)(C)CC6(C)N7c6ccccc6)ccc4-5)ccc3N(c3ccccc3)C2(C)C1. The van der Waals surface area contributed by atoms with E-state index in [0.29, 0.717) is 0 Å². The smallest absolute Gasteiger partial charge is 0.0528 e. The van der Waals surface area contributed by atoms with Crippen molar-refractivity contribution in [3.05, 3.63) is 156 Å². The maximum atomic E-state index is 2.71. The number of hydrogen-bond acceptors (Lipinski definition) is 2. The molecule has 2 heteroatoms. The minimum Gasteiger partial charge on any atom is -0.334 e. The average Bonchev–Trinajstić information content (AvgIpc) is 3.68. The van der Waals surface area contributed by atoms with Crippen molar-refractivity contribution in [3.63, 3.8) is 0 Å². The van der Waals surface area contributed by atoms with E-state index in [0.717, 1.165) is 12.8 Å². The summed E-state index contributed by atoms with van der Waals surface area (Å²) in [5.41, 5.74) is 19.3. The van der Waals surface area contributed by atoms with E-state index in [1.54, 1.807) is 0 Å². The van der Waals surface area contributed by atoms with Gasteiger partial charge in [-0.1, -0.05) is 156 Å². The molecule has 2 aliphatic heterocycles. The summed E-state index contributed by atoms with van der Waals surface area (Å²) in [6, 6.07) is 51.9. The lowest BCUT2D eigenvalue weighted by molar-refractivity contribution is -0.0239. The van der Waals surface area contributed by atoms with Gasteiger partial charge >= 0.3 is 0 Å². The number of hydrogen-bond donors (Lipinski definition) is 0. The molecule has 11 rings (SSSR count). The summed E-state index contributed by atoms with van der Waals surface area (Å²) in [5, 5.41) is 0. The number of benzene rings is 6. The van der Waals surface area contributed by atoms with E-state index in [9.17, 15) is 0 Å². The van der Waals surface area contributed by atoms with Crippen LogP contribution in [0.3, 0.4) is 0 Å². The third-order valence-corrected chi connectivity index (χ3v) is 19.3. The Labute approximate surface area is 391 Å². The zero-order chi connectivity index (χ0) is 46.1. The van der Waals surface area contributed by atoms with Crippen molar-refractivity contribution in [2.45, 2.75) is 150 Å². The molecular weight excluding hydrogens is 785 g/mol. The van der Waals surface area contributed by atoms with Gasteiger partial charge < -0.3 is 9.80 Å². The number of anilines is 4. The van der Waals surface area contributed by atoms with Crippen LogP contribution in [-0.2, 0) is 16.2 Å². The first-order valence-corrected chi connectivity index (χ1v) is 24.7. The molecule has 0 radical (unpaired) electrons. The average molecular weight is 857 g/mol. The Morgan fingerprint density at radius 2 is 0.662 bits per heavy atom. The lowest BCUT2D eigenvalue weighted by Crippen LogP contribution is -2.65. The van der Waals surface area contributed by atoms with Gasteiger partial charge in [0.05, 0.1) is 11.1 Å². The van der Waals surface area contributed by atoms with Gasteiger partial charge in [0.25, 0.3) is 0 Å². The fourth-order valence-corrected chi connectivity index (χ4v) is 16.7. The van der Waals surface area contributed by atoms with Gasteiger partial charge in [-0.05, 0) is 177 Å². The Kier molecular flexibility index (Phi) is 8.56. The first-order chi connectivity index (χ1) is 30.4. The molecule has 0 bridgehead atoms. The van der Waals surface area contributed by atoms with Crippen molar-refractivity contribution in [1.29, 1.82) is 0 Å². The molecule has 2 saturated carbocycles. The molecule has 5 aliphatic rings. The third-order valence-electron chi connectivity index (χ3n) is 19.3. The minimum atomic E-state index is -0.151. The summed E-state index contributed by atoms with van der Waals surface area (Å²) in [4.78, 5) is 5.43. The van der Waals surface area contributed by atoms with Gasteiger partial charge in [0.15, 0.2) is 0 Å². The predicted molar refractivity (Wildman–Crippen MR) is 277 cm³/mol.